The molecule has 0 aliphatic heterocycles. The van der Waals surface area contributed by atoms with E-state index in [0.717, 1.165) is 9.13 Å². The third-order valence-electron chi connectivity index (χ3n) is 2.27. The van der Waals surface area contributed by atoms with Crippen LogP contribution in [-0.2, 0) is 30.8 Å². The van der Waals surface area contributed by atoms with Crippen LogP contribution in [-0.4, -0.2) is 9.30 Å². The van der Waals surface area contributed by atoms with Crippen LogP contribution in [0, 0.1) is 24.2 Å². The van der Waals surface area contributed by atoms with Crippen molar-refractivity contribution in [2.45, 2.75) is 31.6 Å². The predicted octanol–water partition coefficient (Wildman–Crippen LogP) is 4.61. The quantitative estimate of drug-likeness (QED) is 0.227. The number of rotatable bonds is 4. The molecule has 0 saturated carbocycles. The van der Waals surface area contributed by atoms with Gasteiger partial charge in [0, 0.05) is 14.9 Å². The number of hydrogen-bond acceptors (Lipinski definition) is 2. The molecule has 0 saturated heterocycles. The molecule has 116 valence electrons. The molecule has 0 aliphatic rings. The molecular formula is C15H23FINOSZn. The Morgan fingerprint density at radius 2 is 1.86 bits per heavy atom. The van der Waals surface area contributed by atoms with E-state index in [2.05, 4.69) is 33.9 Å². The Hall–Kier alpha value is 0.513. The Morgan fingerprint density at radius 1 is 1.33 bits per heavy atom. The van der Waals surface area contributed by atoms with Crippen LogP contribution in [0.15, 0.2) is 30.9 Å². The minimum absolute atomic E-state index is 0. The van der Waals surface area contributed by atoms with Crippen molar-refractivity contribution in [1.29, 1.82) is 0 Å². The maximum absolute atomic E-state index is 13.4. The molecule has 1 unspecified atom stereocenters. The number of nitrogens with one attached hydrogen (secondary N) is 1. The second kappa shape index (κ2) is 11.1. The molecule has 1 aromatic rings. The van der Waals surface area contributed by atoms with E-state index in [1.54, 1.807) is 6.08 Å². The van der Waals surface area contributed by atoms with Gasteiger partial charge in [0.15, 0.2) is 0 Å². The molecule has 2 nitrogen and oxygen atoms in total. The molecule has 0 aliphatic carbocycles. The fourth-order valence-corrected chi connectivity index (χ4v) is 2.77. The van der Waals surface area contributed by atoms with Crippen LogP contribution in [0.5, 0.6) is 0 Å². The predicted molar refractivity (Wildman–Crippen MR) is 95.9 cm³/mol. The van der Waals surface area contributed by atoms with E-state index >= 15 is 0 Å². The molecule has 0 fully saturated rings. The third kappa shape index (κ3) is 8.65. The maximum atomic E-state index is 13.4. The van der Waals surface area contributed by atoms with E-state index in [9.17, 15) is 8.94 Å². The first-order valence-corrected chi connectivity index (χ1v) is 7.73. The van der Waals surface area contributed by atoms with Crippen molar-refractivity contribution < 1.29 is 28.4 Å². The summed E-state index contributed by atoms with van der Waals surface area (Å²) >= 11 is 0.826. The van der Waals surface area contributed by atoms with E-state index in [1.807, 2.05) is 26.8 Å². The van der Waals surface area contributed by atoms with Crippen molar-refractivity contribution in [2.75, 3.05) is 0 Å². The molecule has 0 aromatic heterocycles. The normalized spacial score (nSPS) is 13.0. The smallest absolute Gasteiger partial charge is 0.598 e. The first-order valence-electron chi connectivity index (χ1n) is 5.50. The summed E-state index contributed by atoms with van der Waals surface area (Å²) in [5.74, 6) is -0.299. The van der Waals surface area contributed by atoms with Gasteiger partial charge in [-0.2, -0.15) is 0 Å². The van der Waals surface area contributed by atoms with Crippen LogP contribution in [0.3, 0.4) is 0 Å². The molecule has 0 bridgehead atoms. The standard InChI is InChI=1S/C13H17FINOS.2CH3.Zn/c1-5-12(16-18(17)13(2,3)4)9-6-10(14)8-11(15)7-9;;;/h5-8,12,16H,1H2,2-4H3;2*1H3;/q;2*-1;+2/t12-,18?;;;/m1.../s1. The van der Waals surface area contributed by atoms with Crippen molar-refractivity contribution in [3.05, 3.63) is 60.7 Å². The van der Waals surface area contributed by atoms with Gasteiger partial charge in [-0.25, -0.2) is 4.39 Å². The van der Waals surface area contributed by atoms with Crippen molar-refractivity contribution in [2.24, 2.45) is 0 Å². The Morgan fingerprint density at radius 3 is 2.24 bits per heavy atom. The molecule has 1 N–H and O–H groups in total. The Kier molecular flexibility index (Phi) is 14.0. The molecule has 0 radical (unpaired) electrons. The fourth-order valence-electron chi connectivity index (χ4n) is 1.30. The van der Waals surface area contributed by atoms with Gasteiger partial charge in [0.2, 0.25) is 0 Å². The van der Waals surface area contributed by atoms with E-state index in [1.165, 1.54) is 12.1 Å². The molecule has 1 rings (SSSR count). The van der Waals surface area contributed by atoms with Crippen molar-refractivity contribution in [3.63, 3.8) is 0 Å². The largest absolute Gasteiger partial charge is 2.00 e. The van der Waals surface area contributed by atoms with Gasteiger partial charge in [-0.15, -0.1) is 11.3 Å². The number of benzene rings is 1. The topological polar surface area (TPSA) is 35.1 Å². The third-order valence-corrected chi connectivity index (χ3v) is 4.47. The Balaban J connectivity index is -0.00000108. The minimum atomic E-state index is -1.23. The summed E-state index contributed by atoms with van der Waals surface area (Å²) in [6.07, 6.45) is 1.63. The summed E-state index contributed by atoms with van der Waals surface area (Å²) in [6.45, 7) is 9.35. The van der Waals surface area contributed by atoms with Gasteiger partial charge < -0.3 is 19.4 Å². The van der Waals surface area contributed by atoms with Crippen molar-refractivity contribution >= 4 is 34.0 Å². The second-order valence-corrected chi connectivity index (χ2v) is 8.16. The van der Waals surface area contributed by atoms with Crippen LogP contribution in [0.2, 0.25) is 0 Å². The van der Waals surface area contributed by atoms with Crippen LogP contribution < -0.4 is 4.72 Å². The van der Waals surface area contributed by atoms with E-state index in [0.29, 0.717) is 0 Å². The first-order chi connectivity index (χ1) is 8.24. The summed E-state index contributed by atoms with van der Waals surface area (Å²) in [6, 6.07) is 4.41. The molecule has 6 heteroatoms. The number of halogens is 2. The minimum Gasteiger partial charge on any atom is -0.598 e. The van der Waals surface area contributed by atoms with Crippen LogP contribution in [0.1, 0.15) is 32.4 Å². The molecule has 1 aromatic carbocycles. The van der Waals surface area contributed by atoms with Crippen LogP contribution in [0.25, 0.3) is 0 Å². The molecule has 2 atom stereocenters. The zero-order valence-electron chi connectivity index (χ0n) is 13.4. The SMILES string of the molecule is C=C[C@@H](N[S+]([O-])C(C)(C)C)c1cc(F)cc(I)c1.[CH3-].[CH3-].[Zn+2]. The first kappa shape index (κ1) is 26.4. The zero-order valence-corrected chi connectivity index (χ0v) is 19.3. The molecule has 21 heavy (non-hydrogen) atoms. The van der Waals surface area contributed by atoms with Gasteiger partial charge in [0.25, 0.3) is 0 Å². The number of hydrogen-bond donors (Lipinski definition) is 1. The molecule has 0 spiro atoms. The average Bonchev–Trinajstić information content (AvgIpc) is 2.22. The Labute approximate surface area is 158 Å². The van der Waals surface area contributed by atoms with Crippen molar-refractivity contribution in [3.8, 4) is 0 Å². The summed E-state index contributed by atoms with van der Waals surface area (Å²) in [4.78, 5) is 0. The molecule has 0 amide bonds. The zero-order chi connectivity index (χ0) is 13.9. The maximum Gasteiger partial charge on any atom is 2.00 e. The van der Waals surface area contributed by atoms with E-state index in [4.69, 9.17) is 0 Å². The monoisotopic (exact) mass is 475 g/mol. The van der Waals surface area contributed by atoms with Gasteiger partial charge in [-0.1, -0.05) is 6.08 Å². The average molecular weight is 477 g/mol. The van der Waals surface area contributed by atoms with Gasteiger partial charge in [0.05, 0.1) is 6.04 Å². The fraction of sp³-hybridized carbons (Fsp3) is 0.333. The van der Waals surface area contributed by atoms with Crippen LogP contribution >= 0.6 is 22.6 Å². The molecular weight excluding hydrogens is 454 g/mol. The van der Waals surface area contributed by atoms with Gasteiger partial charge in [-0.05, 0) is 67.1 Å². The van der Waals surface area contributed by atoms with E-state index < -0.39 is 11.4 Å². The molecule has 0 heterocycles. The summed E-state index contributed by atoms with van der Waals surface area (Å²) < 4.78 is 28.8. The van der Waals surface area contributed by atoms with E-state index in [-0.39, 0.29) is 50.9 Å². The van der Waals surface area contributed by atoms with Crippen LogP contribution in [0.4, 0.5) is 4.39 Å². The second-order valence-electron chi connectivity index (χ2n) is 4.92. The van der Waals surface area contributed by atoms with Gasteiger partial charge in [0.1, 0.15) is 10.6 Å². The summed E-state index contributed by atoms with van der Waals surface area (Å²) in [5, 5.41) is 0. The summed E-state index contributed by atoms with van der Waals surface area (Å²) in [5.41, 5.74) is 0.729. The van der Waals surface area contributed by atoms with Gasteiger partial charge in [-0.3, -0.25) is 0 Å². The Bertz CT molecular complexity index is 420. The summed E-state index contributed by atoms with van der Waals surface area (Å²) in [7, 11) is 0. The van der Waals surface area contributed by atoms with Gasteiger partial charge >= 0.3 is 19.5 Å². The van der Waals surface area contributed by atoms with Crippen molar-refractivity contribution in [1.82, 2.24) is 4.72 Å².